The van der Waals surface area contributed by atoms with Crippen LogP contribution in [0, 0.1) is 0 Å². The van der Waals surface area contributed by atoms with Crippen molar-refractivity contribution in [3.8, 4) is 0 Å². The van der Waals surface area contributed by atoms with Crippen LogP contribution in [0.1, 0.15) is 19.8 Å². The maximum atomic E-state index is 11.5. The SMILES string of the molecule is CC1=C(C(=O)O)C2(CCN(C(=O)O)CC2)OC1=O. The van der Waals surface area contributed by atoms with Gasteiger partial charge in [0.25, 0.3) is 0 Å². The van der Waals surface area contributed by atoms with Crippen LogP contribution in [0.2, 0.25) is 0 Å². The van der Waals surface area contributed by atoms with E-state index in [1.807, 2.05) is 0 Å². The van der Waals surface area contributed by atoms with Gasteiger partial charge in [-0.3, -0.25) is 0 Å². The zero-order valence-electron chi connectivity index (χ0n) is 9.80. The van der Waals surface area contributed by atoms with E-state index in [0.29, 0.717) is 0 Å². The normalized spacial score (nSPS) is 22.3. The van der Waals surface area contributed by atoms with Crippen LogP contribution in [0.3, 0.4) is 0 Å². The largest absolute Gasteiger partial charge is 0.478 e. The van der Waals surface area contributed by atoms with Crippen molar-refractivity contribution in [2.75, 3.05) is 13.1 Å². The van der Waals surface area contributed by atoms with E-state index in [4.69, 9.17) is 9.84 Å². The Kier molecular flexibility index (Phi) is 2.76. The number of aliphatic carboxylic acids is 1. The number of nitrogens with zero attached hydrogens (tertiary/aromatic N) is 1. The molecule has 0 aromatic rings. The lowest BCUT2D eigenvalue weighted by Gasteiger charge is -2.37. The second-order valence-corrected chi connectivity index (χ2v) is 4.46. The number of esters is 1. The first-order valence-electron chi connectivity index (χ1n) is 5.53. The van der Waals surface area contributed by atoms with Gasteiger partial charge in [-0.2, -0.15) is 0 Å². The first kappa shape index (κ1) is 12.4. The van der Waals surface area contributed by atoms with Crippen LogP contribution in [-0.2, 0) is 14.3 Å². The molecule has 2 rings (SSSR count). The number of piperidine rings is 1. The summed E-state index contributed by atoms with van der Waals surface area (Å²) < 4.78 is 5.19. The van der Waals surface area contributed by atoms with E-state index in [1.54, 1.807) is 0 Å². The van der Waals surface area contributed by atoms with Gasteiger partial charge in [0.05, 0.1) is 5.57 Å². The van der Waals surface area contributed by atoms with Crippen molar-refractivity contribution in [2.24, 2.45) is 0 Å². The van der Waals surface area contributed by atoms with Gasteiger partial charge in [0.1, 0.15) is 5.60 Å². The molecule has 1 spiro atoms. The topological polar surface area (TPSA) is 104 Å². The zero-order valence-corrected chi connectivity index (χ0v) is 9.80. The van der Waals surface area contributed by atoms with Crippen LogP contribution in [0.15, 0.2) is 11.1 Å². The maximum Gasteiger partial charge on any atom is 0.407 e. The molecule has 2 aliphatic heterocycles. The molecule has 2 heterocycles. The van der Waals surface area contributed by atoms with Crippen molar-refractivity contribution in [1.29, 1.82) is 0 Å². The number of ether oxygens (including phenoxy) is 1. The summed E-state index contributed by atoms with van der Waals surface area (Å²) in [5.74, 6) is -1.81. The van der Waals surface area contributed by atoms with E-state index in [0.717, 1.165) is 0 Å². The highest BCUT2D eigenvalue weighted by atomic mass is 16.6. The summed E-state index contributed by atoms with van der Waals surface area (Å²) in [7, 11) is 0. The average molecular weight is 255 g/mol. The number of hydrogen-bond donors (Lipinski definition) is 2. The molecule has 0 atom stereocenters. The quantitative estimate of drug-likeness (QED) is 0.659. The molecule has 98 valence electrons. The molecule has 0 bridgehead atoms. The van der Waals surface area contributed by atoms with Gasteiger partial charge < -0.3 is 19.8 Å². The standard InChI is InChI=1S/C11H13NO6/c1-6-7(8(13)14)11(18-9(6)15)2-4-12(5-3-11)10(16)17/h2-5H2,1H3,(H,13,14)(H,16,17). The summed E-state index contributed by atoms with van der Waals surface area (Å²) in [5.41, 5.74) is -1.08. The minimum atomic E-state index is -1.18. The minimum absolute atomic E-state index is 0.0301. The van der Waals surface area contributed by atoms with E-state index >= 15 is 0 Å². The fourth-order valence-corrected chi connectivity index (χ4v) is 2.52. The molecule has 0 aliphatic carbocycles. The molecule has 7 heteroatoms. The van der Waals surface area contributed by atoms with Crippen LogP contribution in [0.25, 0.3) is 0 Å². The Morgan fingerprint density at radius 3 is 2.28 bits per heavy atom. The molecule has 1 saturated heterocycles. The highest BCUT2D eigenvalue weighted by Gasteiger charge is 2.51. The molecule has 2 aliphatic rings. The summed E-state index contributed by atoms with van der Waals surface area (Å²) in [4.78, 5) is 34.7. The van der Waals surface area contributed by atoms with Crippen LogP contribution in [-0.4, -0.2) is 51.8 Å². The predicted octanol–water partition coefficient (Wildman–Crippen LogP) is 0.457. The lowest BCUT2D eigenvalue weighted by Crippen LogP contribution is -2.48. The van der Waals surface area contributed by atoms with Gasteiger partial charge in [-0.15, -0.1) is 0 Å². The molecule has 2 N–H and O–H groups in total. The summed E-state index contributed by atoms with van der Waals surface area (Å²) in [6, 6.07) is 0. The van der Waals surface area contributed by atoms with Crippen molar-refractivity contribution in [3.63, 3.8) is 0 Å². The Bertz CT molecular complexity index is 458. The van der Waals surface area contributed by atoms with Crippen molar-refractivity contribution < 1.29 is 29.3 Å². The summed E-state index contributed by atoms with van der Waals surface area (Å²) >= 11 is 0. The molecule has 0 saturated carbocycles. The number of amides is 1. The van der Waals surface area contributed by atoms with Crippen molar-refractivity contribution >= 4 is 18.0 Å². The van der Waals surface area contributed by atoms with Crippen LogP contribution < -0.4 is 0 Å². The zero-order chi connectivity index (χ0) is 13.5. The van der Waals surface area contributed by atoms with Crippen LogP contribution in [0.4, 0.5) is 4.79 Å². The molecule has 0 radical (unpaired) electrons. The molecule has 0 unspecified atom stereocenters. The fraction of sp³-hybridized carbons (Fsp3) is 0.545. The van der Waals surface area contributed by atoms with Gasteiger partial charge in [0, 0.05) is 31.5 Å². The first-order valence-corrected chi connectivity index (χ1v) is 5.53. The third-order valence-electron chi connectivity index (χ3n) is 3.48. The molecule has 18 heavy (non-hydrogen) atoms. The third kappa shape index (κ3) is 1.71. The smallest absolute Gasteiger partial charge is 0.407 e. The van der Waals surface area contributed by atoms with Gasteiger partial charge in [0.2, 0.25) is 0 Å². The van der Waals surface area contributed by atoms with Gasteiger partial charge >= 0.3 is 18.0 Å². The molecule has 0 aromatic carbocycles. The van der Waals surface area contributed by atoms with E-state index in [1.165, 1.54) is 11.8 Å². The van der Waals surface area contributed by atoms with E-state index in [9.17, 15) is 19.5 Å². The Morgan fingerprint density at radius 1 is 1.28 bits per heavy atom. The molecular weight excluding hydrogens is 242 g/mol. The number of hydrogen-bond acceptors (Lipinski definition) is 4. The molecule has 0 aromatic heterocycles. The lowest BCUT2D eigenvalue weighted by atomic mass is 9.83. The highest BCUT2D eigenvalue weighted by molar-refractivity contribution is 6.04. The number of likely N-dealkylation sites (tertiary alicyclic amines) is 1. The summed E-state index contributed by atoms with van der Waals surface area (Å²) in [6.45, 7) is 1.74. The van der Waals surface area contributed by atoms with E-state index < -0.39 is 23.6 Å². The van der Waals surface area contributed by atoms with Crippen LogP contribution >= 0.6 is 0 Å². The second kappa shape index (κ2) is 4.01. The minimum Gasteiger partial charge on any atom is -0.478 e. The van der Waals surface area contributed by atoms with Gasteiger partial charge in [-0.05, 0) is 6.92 Å². The number of carbonyl (C=O) groups is 3. The van der Waals surface area contributed by atoms with Crippen LogP contribution in [0.5, 0.6) is 0 Å². The Hall–Kier alpha value is -2.05. The first-order chi connectivity index (χ1) is 8.37. The summed E-state index contributed by atoms with van der Waals surface area (Å²) in [5, 5.41) is 18.0. The monoisotopic (exact) mass is 255 g/mol. The lowest BCUT2D eigenvalue weighted by molar-refractivity contribution is -0.151. The number of carboxylic acids is 1. The number of carboxylic acid groups (broad SMARTS) is 2. The predicted molar refractivity (Wildman–Crippen MR) is 58.0 cm³/mol. The molecule has 1 fully saturated rings. The Balaban J connectivity index is 2.27. The Labute approximate surface area is 103 Å². The third-order valence-corrected chi connectivity index (χ3v) is 3.48. The highest BCUT2D eigenvalue weighted by Crippen LogP contribution is 2.40. The van der Waals surface area contributed by atoms with Crippen molar-refractivity contribution in [3.05, 3.63) is 11.1 Å². The average Bonchev–Trinajstić information content (AvgIpc) is 2.51. The van der Waals surface area contributed by atoms with Gasteiger partial charge in [-0.1, -0.05) is 0 Å². The van der Waals surface area contributed by atoms with E-state index in [-0.39, 0.29) is 37.1 Å². The summed E-state index contributed by atoms with van der Waals surface area (Å²) in [6.07, 6.45) is -0.680. The second-order valence-electron chi connectivity index (χ2n) is 4.46. The number of carbonyl (C=O) groups excluding carboxylic acids is 1. The number of rotatable bonds is 1. The van der Waals surface area contributed by atoms with Gasteiger partial charge in [-0.25, -0.2) is 14.4 Å². The van der Waals surface area contributed by atoms with E-state index in [2.05, 4.69) is 0 Å². The fourth-order valence-electron chi connectivity index (χ4n) is 2.52. The Morgan fingerprint density at radius 2 is 1.83 bits per heavy atom. The molecular formula is C11H13NO6. The molecule has 1 amide bonds. The maximum absolute atomic E-state index is 11.5. The van der Waals surface area contributed by atoms with Crippen molar-refractivity contribution in [1.82, 2.24) is 4.90 Å². The molecule has 7 nitrogen and oxygen atoms in total. The van der Waals surface area contributed by atoms with Gasteiger partial charge in [0.15, 0.2) is 0 Å². The van der Waals surface area contributed by atoms with Crippen molar-refractivity contribution in [2.45, 2.75) is 25.4 Å².